The summed E-state index contributed by atoms with van der Waals surface area (Å²) in [6, 6.07) is 0. The lowest BCUT2D eigenvalue weighted by molar-refractivity contribution is -0.139. The van der Waals surface area contributed by atoms with Gasteiger partial charge in [-0.3, -0.25) is 4.99 Å². The van der Waals surface area contributed by atoms with Gasteiger partial charge in [0.1, 0.15) is 0 Å². The first-order valence-electron chi connectivity index (χ1n) is 2.78. The highest BCUT2D eigenvalue weighted by atomic mass is 35.5. The van der Waals surface area contributed by atoms with Crippen LogP contribution in [0.2, 0.25) is 0 Å². The number of aliphatic carboxylic acids is 1. The Morgan fingerprint density at radius 1 is 1.80 bits per heavy atom. The number of allylic oxidation sites excluding steroid dienone is 1. The minimum Gasteiger partial charge on any atom is -0.479 e. The van der Waals surface area contributed by atoms with Crippen LogP contribution in [-0.4, -0.2) is 22.3 Å². The van der Waals surface area contributed by atoms with Crippen molar-refractivity contribution in [2.75, 3.05) is 0 Å². The van der Waals surface area contributed by atoms with E-state index in [0.29, 0.717) is 0 Å². The number of nitrogens with zero attached hydrogens (tertiary/aromatic N) is 1. The second-order valence-electron chi connectivity index (χ2n) is 1.97. The van der Waals surface area contributed by atoms with Crippen LogP contribution in [0.3, 0.4) is 0 Å². The molecule has 1 rings (SSSR count). The molecule has 1 heterocycles. The Bertz CT molecular complexity index is 212. The Hall–Kier alpha value is -0.830. The fourth-order valence-corrected chi connectivity index (χ4v) is 0.787. The van der Waals surface area contributed by atoms with Crippen LogP contribution in [0.1, 0.15) is 6.42 Å². The van der Waals surface area contributed by atoms with Gasteiger partial charge in [-0.25, -0.2) is 4.79 Å². The average molecular weight is 160 g/mol. The number of hydrogen-bond acceptors (Lipinski definition) is 2. The molecule has 1 atom stereocenters. The van der Waals surface area contributed by atoms with E-state index in [1.807, 2.05) is 0 Å². The number of rotatable bonds is 1. The van der Waals surface area contributed by atoms with Crippen LogP contribution in [0, 0.1) is 0 Å². The summed E-state index contributed by atoms with van der Waals surface area (Å²) in [7, 11) is 0. The van der Waals surface area contributed by atoms with Crippen LogP contribution in [0.4, 0.5) is 0 Å². The Balaban J connectivity index is 2.80. The summed E-state index contributed by atoms with van der Waals surface area (Å²) in [6.45, 7) is 0. The first-order chi connectivity index (χ1) is 4.65. The number of carboxylic acids is 1. The Kier molecular flexibility index (Phi) is 1.76. The second-order valence-corrected chi connectivity index (χ2v) is 2.60. The molecule has 0 radical (unpaired) electrons. The fourth-order valence-electron chi connectivity index (χ4n) is 0.641. The third-order valence-corrected chi connectivity index (χ3v) is 1.63. The van der Waals surface area contributed by atoms with Gasteiger partial charge in [-0.2, -0.15) is 0 Å². The van der Waals surface area contributed by atoms with Crippen molar-refractivity contribution in [1.29, 1.82) is 0 Å². The van der Waals surface area contributed by atoms with Gasteiger partial charge >= 0.3 is 5.97 Å². The van der Waals surface area contributed by atoms with E-state index in [-0.39, 0.29) is 6.42 Å². The molecular weight excluding hydrogens is 154 g/mol. The zero-order valence-electron chi connectivity index (χ0n) is 5.12. The summed E-state index contributed by atoms with van der Waals surface area (Å²) in [5.41, 5.74) is 0. The van der Waals surface area contributed by atoms with Crippen molar-refractivity contribution in [3.63, 3.8) is 0 Å². The molecule has 1 aliphatic rings. The molecule has 0 fully saturated rings. The normalized spacial score (nSPS) is 30.5. The van der Waals surface area contributed by atoms with E-state index in [0.717, 1.165) is 0 Å². The summed E-state index contributed by atoms with van der Waals surface area (Å²) < 4.78 is 0. The number of hydrogen-bond donors (Lipinski definition) is 1. The summed E-state index contributed by atoms with van der Waals surface area (Å²) in [4.78, 5) is 12.6. The molecular formula is C6H6ClNO2. The van der Waals surface area contributed by atoms with Crippen molar-refractivity contribution in [1.82, 2.24) is 0 Å². The molecule has 1 aliphatic heterocycles. The molecule has 0 aliphatic carbocycles. The Labute approximate surface area is 63.0 Å². The molecule has 1 unspecified atom stereocenters. The van der Waals surface area contributed by atoms with Gasteiger partial charge in [0, 0.05) is 12.6 Å². The Morgan fingerprint density at radius 2 is 2.50 bits per heavy atom. The molecule has 54 valence electrons. The summed E-state index contributed by atoms with van der Waals surface area (Å²) in [5.74, 6) is -1.10. The maximum Gasteiger partial charge on any atom is 0.347 e. The molecule has 4 heteroatoms. The van der Waals surface area contributed by atoms with Gasteiger partial charge in [-0.15, -0.1) is 0 Å². The molecule has 10 heavy (non-hydrogen) atoms. The van der Waals surface area contributed by atoms with Gasteiger partial charge in [0.2, 0.25) is 5.00 Å². The monoisotopic (exact) mass is 159 g/mol. The fraction of sp³-hybridized carbons (Fsp3) is 0.333. The number of carbonyl (C=O) groups is 1. The average Bonchev–Trinajstić information content (AvgIpc) is 1.89. The summed E-state index contributed by atoms with van der Waals surface area (Å²) >= 11 is 5.56. The van der Waals surface area contributed by atoms with Gasteiger partial charge in [0.25, 0.3) is 0 Å². The zero-order chi connectivity index (χ0) is 7.61. The number of dihydropyridines is 1. The van der Waals surface area contributed by atoms with Gasteiger partial charge in [0.05, 0.1) is 0 Å². The Morgan fingerprint density at radius 3 is 2.80 bits per heavy atom. The maximum atomic E-state index is 10.4. The van der Waals surface area contributed by atoms with E-state index in [1.165, 1.54) is 6.21 Å². The summed E-state index contributed by atoms with van der Waals surface area (Å²) in [5, 5.41) is 8.52. The molecule has 0 aromatic rings. The van der Waals surface area contributed by atoms with Gasteiger partial charge in [-0.1, -0.05) is 17.7 Å². The van der Waals surface area contributed by atoms with Crippen molar-refractivity contribution >= 4 is 23.8 Å². The van der Waals surface area contributed by atoms with Crippen molar-refractivity contribution in [2.45, 2.75) is 11.4 Å². The number of carboxylic acid groups (broad SMARTS) is 1. The maximum absolute atomic E-state index is 10.4. The topological polar surface area (TPSA) is 49.7 Å². The molecule has 0 bridgehead atoms. The van der Waals surface area contributed by atoms with Crippen molar-refractivity contribution in [3.05, 3.63) is 12.2 Å². The van der Waals surface area contributed by atoms with E-state index in [9.17, 15) is 4.79 Å². The minimum atomic E-state index is -1.45. The molecule has 0 spiro atoms. The van der Waals surface area contributed by atoms with Gasteiger partial charge in [0.15, 0.2) is 0 Å². The van der Waals surface area contributed by atoms with E-state index in [2.05, 4.69) is 4.99 Å². The number of halogens is 1. The largest absolute Gasteiger partial charge is 0.479 e. The van der Waals surface area contributed by atoms with E-state index >= 15 is 0 Å². The molecule has 0 saturated heterocycles. The molecule has 0 saturated carbocycles. The lowest BCUT2D eigenvalue weighted by Gasteiger charge is -2.16. The smallest absolute Gasteiger partial charge is 0.347 e. The first-order valence-corrected chi connectivity index (χ1v) is 3.15. The molecule has 0 aromatic heterocycles. The minimum absolute atomic E-state index is 0.250. The third kappa shape index (κ3) is 1.19. The van der Waals surface area contributed by atoms with Crippen LogP contribution in [0.5, 0.6) is 0 Å². The number of alkyl halides is 1. The third-order valence-electron chi connectivity index (χ3n) is 1.22. The highest BCUT2D eigenvalue weighted by Crippen LogP contribution is 2.24. The highest BCUT2D eigenvalue weighted by Gasteiger charge is 2.34. The van der Waals surface area contributed by atoms with Crippen molar-refractivity contribution in [3.8, 4) is 0 Å². The van der Waals surface area contributed by atoms with Crippen LogP contribution in [0.15, 0.2) is 17.1 Å². The van der Waals surface area contributed by atoms with Crippen LogP contribution in [-0.2, 0) is 4.79 Å². The number of aliphatic imine (C=N–C) groups is 1. The molecule has 0 aromatic carbocycles. The van der Waals surface area contributed by atoms with Crippen LogP contribution in [0.25, 0.3) is 0 Å². The van der Waals surface area contributed by atoms with Gasteiger partial charge < -0.3 is 5.11 Å². The van der Waals surface area contributed by atoms with Crippen LogP contribution >= 0.6 is 11.6 Å². The quantitative estimate of drug-likeness (QED) is 0.459. The van der Waals surface area contributed by atoms with Gasteiger partial charge in [-0.05, 0) is 6.08 Å². The van der Waals surface area contributed by atoms with E-state index in [4.69, 9.17) is 16.7 Å². The molecule has 1 N–H and O–H groups in total. The lowest BCUT2D eigenvalue weighted by Crippen LogP contribution is -2.30. The zero-order valence-corrected chi connectivity index (χ0v) is 5.88. The van der Waals surface area contributed by atoms with Crippen molar-refractivity contribution < 1.29 is 9.90 Å². The predicted octanol–water partition coefficient (Wildman–Crippen LogP) is 1.04. The highest BCUT2D eigenvalue weighted by molar-refractivity contribution is 6.34. The van der Waals surface area contributed by atoms with Crippen LogP contribution < -0.4 is 0 Å². The first kappa shape index (κ1) is 7.28. The standard InChI is InChI=1S/C6H6ClNO2/c7-6(5(9)10)3-1-2-4-8-6/h1-2,4H,3H2,(H,9,10). The summed E-state index contributed by atoms with van der Waals surface area (Å²) in [6.07, 6.45) is 4.99. The SMILES string of the molecule is O=C(O)C1(Cl)CC=CC=N1. The second kappa shape index (κ2) is 2.42. The molecule has 3 nitrogen and oxygen atoms in total. The molecule has 0 amide bonds. The van der Waals surface area contributed by atoms with E-state index < -0.39 is 11.0 Å². The van der Waals surface area contributed by atoms with E-state index in [1.54, 1.807) is 12.2 Å². The lowest BCUT2D eigenvalue weighted by atomic mass is 10.1. The van der Waals surface area contributed by atoms with Crippen molar-refractivity contribution in [2.24, 2.45) is 4.99 Å². The predicted molar refractivity (Wildman–Crippen MR) is 38.5 cm³/mol.